The summed E-state index contributed by atoms with van der Waals surface area (Å²) in [4.78, 5) is 22.1. The summed E-state index contributed by atoms with van der Waals surface area (Å²) in [6.45, 7) is 3.00. The van der Waals surface area contributed by atoms with E-state index in [9.17, 15) is 18.4 Å². The molecular weight excluding hydrogens is 210 g/mol. The molecule has 0 heterocycles. The third-order valence-corrected chi connectivity index (χ3v) is 1.28. The maximum Gasteiger partial charge on any atom is 0.345 e. The lowest BCUT2D eigenvalue weighted by atomic mass is 10.2. The number of hydrogen-bond acceptors (Lipinski definition) is 4. The minimum absolute atomic E-state index is 0.00117. The van der Waals surface area contributed by atoms with E-state index in [4.69, 9.17) is 0 Å². The van der Waals surface area contributed by atoms with Crippen molar-refractivity contribution in [3.8, 4) is 0 Å². The van der Waals surface area contributed by atoms with Crippen LogP contribution >= 0.6 is 0 Å². The Labute approximate surface area is 85.9 Å². The van der Waals surface area contributed by atoms with Crippen LogP contribution in [0.3, 0.4) is 0 Å². The Hall–Kier alpha value is -1.46. The average Bonchev–Trinajstić information content (AvgIpc) is 2.14. The fourth-order valence-corrected chi connectivity index (χ4v) is 0.763. The van der Waals surface area contributed by atoms with Crippen LogP contribution in [0.2, 0.25) is 0 Å². The highest BCUT2D eigenvalue weighted by Crippen LogP contribution is 2.06. The second-order valence-electron chi connectivity index (χ2n) is 2.36. The van der Waals surface area contributed by atoms with E-state index in [1.165, 1.54) is 13.8 Å². The predicted molar refractivity (Wildman–Crippen MR) is 47.4 cm³/mol. The fraction of sp³-hybridized carbons (Fsp3) is 0.556. The fourth-order valence-electron chi connectivity index (χ4n) is 0.763. The molecule has 0 aromatic carbocycles. The minimum Gasteiger partial charge on any atom is -0.462 e. The summed E-state index contributed by atoms with van der Waals surface area (Å²) >= 11 is 0. The number of allylic oxidation sites excluding steroid dienone is 1. The molecule has 0 radical (unpaired) electrons. The molecule has 0 aromatic rings. The first kappa shape index (κ1) is 13.5. The van der Waals surface area contributed by atoms with Crippen molar-refractivity contribution >= 4 is 11.9 Å². The van der Waals surface area contributed by atoms with Crippen LogP contribution in [0.15, 0.2) is 11.6 Å². The zero-order valence-electron chi connectivity index (χ0n) is 8.46. The zero-order chi connectivity index (χ0) is 11.8. The van der Waals surface area contributed by atoms with Crippen LogP contribution in [0.25, 0.3) is 0 Å². The normalized spacial score (nSPS) is 9.67. The molecule has 0 saturated carbocycles. The first-order valence-corrected chi connectivity index (χ1v) is 4.37. The molecule has 0 atom stereocenters. The maximum absolute atomic E-state index is 12.0. The molecule has 4 nitrogen and oxygen atoms in total. The summed E-state index contributed by atoms with van der Waals surface area (Å²) in [7, 11) is 0. The topological polar surface area (TPSA) is 52.6 Å². The predicted octanol–water partition coefficient (Wildman–Crippen LogP) is 1.30. The van der Waals surface area contributed by atoms with Crippen molar-refractivity contribution in [1.82, 2.24) is 0 Å². The standard InChI is InChI=1S/C9H12F2O4/c1-3-14-8(12)6(5-7(10)11)9(13)15-4-2/h5,7H,3-4H2,1-2H3. The summed E-state index contributed by atoms with van der Waals surface area (Å²) in [5, 5.41) is 0. The SMILES string of the molecule is CCOC(=O)C(=CC(F)F)C(=O)OCC. The van der Waals surface area contributed by atoms with Gasteiger partial charge in [-0.1, -0.05) is 0 Å². The minimum atomic E-state index is -2.91. The molecule has 0 aromatic heterocycles. The van der Waals surface area contributed by atoms with Crippen LogP contribution in [0.5, 0.6) is 0 Å². The van der Waals surface area contributed by atoms with E-state index in [1.54, 1.807) is 0 Å². The number of alkyl halides is 2. The Morgan fingerprint density at radius 2 is 1.53 bits per heavy atom. The summed E-state index contributed by atoms with van der Waals surface area (Å²) in [6.07, 6.45) is -2.69. The first-order chi connectivity index (χ1) is 7.02. The molecule has 0 fully saturated rings. The lowest BCUT2D eigenvalue weighted by molar-refractivity contribution is -0.146. The van der Waals surface area contributed by atoms with Crippen LogP contribution in [0, 0.1) is 0 Å². The first-order valence-electron chi connectivity index (χ1n) is 4.37. The molecule has 0 spiro atoms. The van der Waals surface area contributed by atoms with Crippen molar-refractivity contribution in [1.29, 1.82) is 0 Å². The second kappa shape index (κ2) is 6.92. The Bertz CT molecular complexity index is 241. The molecule has 0 aliphatic rings. The third-order valence-electron chi connectivity index (χ3n) is 1.28. The molecule has 0 aliphatic heterocycles. The largest absolute Gasteiger partial charge is 0.462 e. The van der Waals surface area contributed by atoms with E-state index in [2.05, 4.69) is 9.47 Å². The van der Waals surface area contributed by atoms with E-state index in [0.29, 0.717) is 0 Å². The lowest BCUT2D eigenvalue weighted by Crippen LogP contribution is -2.19. The lowest BCUT2D eigenvalue weighted by Gasteiger charge is -2.05. The van der Waals surface area contributed by atoms with Gasteiger partial charge in [-0.15, -0.1) is 0 Å². The van der Waals surface area contributed by atoms with E-state index in [1.807, 2.05) is 0 Å². The molecule has 0 N–H and O–H groups in total. The number of hydrogen-bond donors (Lipinski definition) is 0. The quantitative estimate of drug-likeness (QED) is 0.304. The maximum atomic E-state index is 12.0. The van der Waals surface area contributed by atoms with Gasteiger partial charge in [-0.25, -0.2) is 18.4 Å². The van der Waals surface area contributed by atoms with Gasteiger partial charge >= 0.3 is 11.9 Å². The van der Waals surface area contributed by atoms with Crippen LogP contribution in [-0.4, -0.2) is 31.6 Å². The molecule has 0 amide bonds. The number of rotatable bonds is 5. The van der Waals surface area contributed by atoms with Crippen LogP contribution in [0.4, 0.5) is 8.78 Å². The van der Waals surface area contributed by atoms with Crippen molar-refractivity contribution < 1.29 is 27.8 Å². The summed E-state index contributed by atoms with van der Waals surface area (Å²) in [6, 6.07) is 0. The molecule has 0 rings (SSSR count). The molecule has 15 heavy (non-hydrogen) atoms. The Morgan fingerprint density at radius 1 is 1.13 bits per heavy atom. The Morgan fingerprint density at radius 3 is 1.80 bits per heavy atom. The van der Waals surface area contributed by atoms with E-state index in [0.717, 1.165) is 0 Å². The number of ether oxygens (including phenoxy) is 2. The van der Waals surface area contributed by atoms with Gasteiger partial charge in [-0.3, -0.25) is 0 Å². The van der Waals surface area contributed by atoms with Crippen molar-refractivity contribution in [2.24, 2.45) is 0 Å². The van der Waals surface area contributed by atoms with E-state index < -0.39 is 23.9 Å². The highest BCUT2D eigenvalue weighted by atomic mass is 19.3. The van der Waals surface area contributed by atoms with Gasteiger partial charge in [0, 0.05) is 6.08 Å². The zero-order valence-corrected chi connectivity index (χ0v) is 8.46. The van der Waals surface area contributed by atoms with Crippen LogP contribution < -0.4 is 0 Å². The molecule has 6 heteroatoms. The second-order valence-corrected chi connectivity index (χ2v) is 2.36. The molecule has 0 unspecified atom stereocenters. The Kier molecular flexibility index (Phi) is 6.24. The van der Waals surface area contributed by atoms with Crippen LogP contribution in [-0.2, 0) is 19.1 Å². The Balaban J connectivity index is 4.73. The monoisotopic (exact) mass is 222 g/mol. The summed E-state index contributed by atoms with van der Waals surface area (Å²) in [5.41, 5.74) is -0.770. The van der Waals surface area contributed by atoms with Crippen molar-refractivity contribution in [2.75, 3.05) is 13.2 Å². The van der Waals surface area contributed by atoms with Crippen molar-refractivity contribution in [3.63, 3.8) is 0 Å². The van der Waals surface area contributed by atoms with Gasteiger partial charge in [-0.05, 0) is 13.8 Å². The highest BCUT2D eigenvalue weighted by Gasteiger charge is 2.22. The van der Waals surface area contributed by atoms with E-state index in [-0.39, 0.29) is 19.3 Å². The van der Waals surface area contributed by atoms with Gasteiger partial charge in [0.15, 0.2) is 0 Å². The molecule has 0 bridgehead atoms. The third kappa shape index (κ3) is 5.09. The van der Waals surface area contributed by atoms with Crippen LogP contribution in [0.1, 0.15) is 13.8 Å². The molecule has 0 saturated heterocycles. The summed E-state index contributed by atoms with van der Waals surface area (Å²) < 4.78 is 32.9. The van der Waals surface area contributed by atoms with Gasteiger partial charge in [0.05, 0.1) is 13.2 Å². The number of esters is 2. The molecule has 0 aliphatic carbocycles. The van der Waals surface area contributed by atoms with E-state index >= 15 is 0 Å². The summed E-state index contributed by atoms with van der Waals surface area (Å²) in [5.74, 6) is -2.20. The van der Waals surface area contributed by atoms with Crippen molar-refractivity contribution in [2.45, 2.75) is 20.3 Å². The van der Waals surface area contributed by atoms with Crippen molar-refractivity contribution in [3.05, 3.63) is 11.6 Å². The highest BCUT2D eigenvalue weighted by molar-refractivity contribution is 6.14. The number of halogens is 2. The molecular formula is C9H12F2O4. The van der Waals surface area contributed by atoms with Gasteiger partial charge in [-0.2, -0.15) is 0 Å². The smallest absolute Gasteiger partial charge is 0.345 e. The van der Waals surface area contributed by atoms with Gasteiger partial charge in [0.2, 0.25) is 0 Å². The van der Waals surface area contributed by atoms with Gasteiger partial charge in [0.25, 0.3) is 6.43 Å². The number of carbonyl (C=O) groups is 2. The van der Waals surface area contributed by atoms with Gasteiger partial charge < -0.3 is 9.47 Å². The van der Waals surface area contributed by atoms with Gasteiger partial charge in [0.1, 0.15) is 5.57 Å². The average molecular weight is 222 g/mol. The number of carbonyl (C=O) groups excluding carboxylic acids is 2. The molecule has 86 valence electrons.